The van der Waals surface area contributed by atoms with Crippen molar-refractivity contribution in [1.82, 2.24) is 9.78 Å². The molecular formula is C13H13N3O. The fourth-order valence-corrected chi connectivity index (χ4v) is 1.61. The minimum atomic E-state index is -0.390. The van der Waals surface area contributed by atoms with E-state index in [0.717, 1.165) is 11.4 Å². The molecule has 1 unspecified atom stereocenters. The fourth-order valence-electron chi connectivity index (χ4n) is 1.61. The Kier molecular flexibility index (Phi) is 3.22. The molecule has 17 heavy (non-hydrogen) atoms. The lowest BCUT2D eigenvalue weighted by molar-refractivity contribution is 0.194. The number of nitrogens with zero attached hydrogens (tertiary/aromatic N) is 3. The SMILES string of the molecule is CC(O)Cc1ccn(-c2ccc(C#N)cc2)n1. The van der Waals surface area contributed by atoms with Gasteiger partial charge in [-0.05, 0) is 37.3 Å². The van der Waals surface area contributed by atoms with Gasteiger partial charge in [0.15, 0.2) is 0 Å². The fraction of sp³-hybridized carbons (Fsp3) is 0.231. The number of aliphatic hydroxyl groups excluding tert-OH is 1. The van der Waals surface area contributed by atoms with Crippen molar-refractivity contribution in [3.05, 3.63) is 47.8 Å². The van der Waals surface area contributed by atoms with Gasteiger partial charge in [0, 0.05) is 12.6 Å². The van der Waals surface area contributed by atoms with Crippen molar-refractivity contribution in [3.63, 3.8) is 0 Å². The number of benzene rings is 1. The molecule has 0 spiro atoms. The molecule has 0 fully saturated rings. The Balaban J connectivity index is 2.22. The van der Waals surface area contributed by atoms with Gasteiger partial charge in [-0.25, -0.2) is 4.68 Å². The van der Waals surface area contributed by atoms with E-state index in [-0.39, 0.29) is 6.10 Å². The maximum atomic E-state index is 9.27. The van der Waals surface area contributed by atoms with Gasteiger partial charge >= 0.3 is 0 Å². The van der Waals surface area contributed by atoms with Crippen molar-refractivity contribution in [1.29, 1.82) is 5.26 Å². The summed E-state index contributed by atoms with van der Waals surface area (Å²) in [6.07, 6.45) is 2.00. The van der Waals surface area contributed by atoms with Gasteiger partial charge in [0.2, 0.25) is 0 Å². The third-order valence-corrected chi connectivity index (χ3v) is 2.41. The lowest BCUT2D eigenvalue weighted by Gasteiger charge is -2.02. The normalized spacial score (nSPS) is 12.1. The van der Waals surface area contributed by atoms with E-state index >= 15 is 0 Å². The lowest BCUT2D eigenvalue weighted by Crippen LogP contribution is -2.05. The van der Waals surface area contributed by atoms with Crippen LogP contribution in [0.2, 0.25) is 0 Å². The van der Waals surface area contributed by atoms with Crippen LogP contribution in [0.1, 0.15) is 18.2 Å². The molecule has 0 bridgehead atoms. The molecule has 2 aromatic rings. The van der Waals surface area contributed by atoms with E-state index in [2.05, 4.69) is 11.2 Å². The monoisotopic (exact) mass is 227 g/mol. The van der Waals surface area contributed by atoms with Crippen LogP contribution in [0.5, 0.6) is 0 Å². The van der Waals surface area contributed by atoms with E-state index in [1.54, 1.807) is 23.7 Å². The van der Waals surface area contributed by atoms with Crippen molar-refractivity contribution in [2.24, 2.45) is 0 Å². The average Bonchev–Trinajstić information content (AvgIpc) is 2.77. The quantitative estimate of drug-likeness (QED) is 0.867. The molecule has 2 rings (SSSR count). The molecule has 0 radical (unpaired) electrons. The Labute approximate surface area is 99.7 Å². The zero-order valence-electron chi connectivity index (χ0n) is 9.54. The standard InChI is InChI=1S/C13H13N3O/c1-10(17)8-12-6-7-16(15-12)13-4-2-11(9-14)3-5-13/h2-7,10,17H,8H2,1H3. The second-order valence-electron chi connectivity index (χ2n) is 3.96. The molecule has 0 aliphatic heterocycles. The topological polar surface area (TPSA) is 61.8 Å². The van der Waals surface area contributed by atoms with Crippen LogP contribution in [-0.4, -0.2) is 21.0 Å². The Hall–Kier alpha value is -2.12. The second-order valence-corrected chi connectivity index (χ2v) is 3.96. The van der Waals surface area contributed by atoms with Gasteiger partial charge in [-0.15, -0.1) is 0 Å². The summed E-state index contributed by atoms with van der Waals surface area (Å²) in [4.78, 5) is 0. The van der Waals surface area contributed by atoms with E-state index < -0.39 is 0 Å². The first-order valence-electron chi connectivity index (χ1n) is 5.42. The van der Waals surface area contributed by atoms with Crippen LogP contribution < -0.4 is 0 Å². The molecule has 4 heteroatoms. The van der Waals surface area contributed by atoms with Crippen molar-refractivity contribution >= 4 is 0 Å². The van der Waals surface area contributed by atoms with E-state index in [4.69, 9.17) is 5.26 Å². The van der Waals surface area contributed by atoms with Gasteiger partial charge < -0.3 is 5.11 Å². The van der Waals surface area contributed by atoms with Crippen molar-refractivity contribution < 1.29 is 5.11 Å². The molecule has 0 amide bonds. The third kappa shape index (κ3) is 2.71. The van der Waals surface area contributed by atoms with Crippen LogP contribution in [-0.2, 0) is 6.42 Å². The first-order chi connectivity index (χ1) is 8.19. The number of rotatable bonds is 3. The molecule has 0 saturated heterocycles. The largest absolute Gasteiger partial charge is 0.393 e. The summed E-state index contributed by atoms with van der Waals surface area (Å²) in [5.41, 5.74) is 2.38. The van der Waals surface area contributed by atoms with Crippen LogP contribution in [0.15, 0.2) is 36.5 Å². The molecule has 1 aromatic heterocycles. The Morgan fingerprint density at radius 2 is 2.06 bits per heavy atom. The van der Waals surface area contributed by atoms with Gasteiger partial charge in [-0.1, -0.05) is 0 Å². The summed E-state index contributed by atoms with van der Waals surface area (Å²) in [6, 6.07) is 11.2. The highest BCUT2D eigenvalue weighted by Gasteiger charge is 2.04. The van der Waals surface area contributed by atoms with Crippen molar-refractivity contribution in [3.8, 4) is 11.8 Å². The van der Waals surface area contributed by atoms with Gasteiger partial charge in [-0.2, -0.15) is 10.4 Å². The van der Waals surface area contributed by atoms with Crippen LogP contribution in [0, 0.1) is 11.3 Å². The summed E-state index contributed by atoms with van der Waals surface area (Å²) in [5, 5.41) is 22.3. The molecule has 4 nitrogen and oxygen atoms in total. The van der Waals surface area contributed by atoms with Gasteiger partial charge in [0.25, 0.3) is 0 Å². The van der Waals surface area contributed by atoms with E-state index in [1.807, 2.05) is 24.4 Å². The molecule has 0 saturated carbocycles. The minimum Gasteiger partial charge on any atom is -0.393 e. The number of hydrogen-bond donors (Lipinski definition) is 1. The summed E-state index contributed by atoms with van der Waals surface area (Å²) in [7, 11) is 0. The van der Waals surface area contributed by atoms with Crippen LogP contribution in [0.25, 0.3) is 5.69 Å². The smallest absolute Gasteiger partial charge is 0.0991 e. The van der Waals surface area contributed by atoms with Crippen LogP contribution in [0.3, 0.4) is 0 Å². The Morgan fingerprint density at radius 3 is 2.65 bits per heavy atom. The molecular weight excluding hydrogens is 214 g/mol. The minimum absolute atomic E-state index is 0.390. The first-order valence-corrected chi connectivity index (χ1v) is 5.42. The highest BCUT2D eigenvalue weighted by Crippen LogP contribution is 2.10. The molecule has 86 valence electrons. The van der Waals surface area contributed by atoms with Gasteiger partial charge in [0.05, 0.1) is 29.1 Å². The Bertz CT molecular complexity index is 535. The molecule has 0 aliphatic carbocycles. The predicted molar refractivity (Wildman–Crippen MR) is 63.7 cm³/mol. The molecule has 1 heterocycles. The zero-order valence-corrected chi connectivity index (χ0v) is 9.54. The molecule has 0 aliphatic rings. The highest BCUT2D eigenvalue weighted by atomic mass is 16.3. The summed E-state index contributed by atoms with van der Waals surface area (Å²) < 4.78 is 1.73. The summed E-state index contributed by atoms with van der Waals surface area (Å²) in [6.45, 7) is 1.74. The van der Waals surface area contributed by atoms with E-state index in [0.29, 0.717) is 12.0 Å². The highest BCUT2D eigenvalue weighted by molar-refractivity contribution is 5.38. The number of aliphatic hydroxyl groups is 1. The molecule has 1 atom stereocenters. The van der Waals surface area contributed by atoms with Crippen molar-refractivity contribution in [2.45, 2.75) is 19.4 Å². The predicted octanol–water partition coefficient (Wildman–Crippen LogP) is 1.67. The maximum Gasteiger partial charge on any atom is 0.0991 e. The van der Waals surface area contributed by atoms with E-state index in [1.165, 1.54) is 0 Å². The third-order valence-electron chi connectivity index (χ3n) is 2.41. The Morgan fingerprint density at radius 1 is 1.35 bits per heavy atom. The number of nitriles is 1. The number of aromatic nitrogens is 2. The van der Waals surface area contributed by atoms with E-state index in [9.17, 15) is 5.11 Å². The summed E-state index contributed by atoms with van der Waals surface area (Å²) >= 11 is 0. The lowest BCUT2D eigenvalue weighted by atomic mass is 10.2. The first kappa shape index (κ1) is 11.4. The molecule has 1 aromatic carbocycles. The van der Waals surface area contributed by atoms with Crippen LogP contribution in [0.4, 0.5) is 0 Å². The maximum absolute atomic E-state index is 9.27. The second kappa shape index (κ2) is 4.81. The average molecular weight is 227 g/mol. The zero-order chi connectivity index (χ0) is 12.3. The van der Waals surface area contributed by atoms with Gasteiger partial charge in [0.1, 0.15) is 0 Å². The molecule has 1 N–H and O–H groups in total. The summed E-state index contributed by atoms with van der Waals surface area (Å²) in [5.74, 6) is 0. The van der Waals surface area contributed by atoms with Gasteiger partial charge in [-0.3, -0.25) is 0 Å². The number of hydrogen-bond acceptors (Lipinski definition) is 3. The van der Waals surface area contributed by atoms with Crippen LogP contribution >= 0.6 is 0 Å². The van der Waals surface area contributed by atoms with Crippen molar-refractivity contribution in [2.75, 3.05) is 0 Å².